The molecule has 0 aromatic carbocycles. The van der Waals surface area contributed by atoms with Gasteiger partial charge in [-0.3, -0.25) is 0 Å². The summed E-state index contributed by atoms with van der Waals surface area (Å²) in [5.41, 5.74) is 1.10. The van der Waals surface area contributed by atoms with E-state index in [4.69, 9.17) is 0 Å². The monoisotopic (exact) mass is 223 g/mol. The lowest BCUT2D eigenvalue weighted by molar-refractivity contribution is 0.106. The van der Waals surface area contributed by atoms with Gasteiger partial charge in [0.1, 0.15) is 0 Å². The predicted molar refractivity (Wildman–Crippen MR) is 70.5 cm³/mol. The molecule has 0 aromatic rings. The molecular weight excluding hydrogens is 194 g/mol. The second-order valence-corrected chi connectivity index (χ2v) is 7.27. The van der Waals surface area contributed by atoms with Crippen LogP contribution in [0, 0.1) is 22.7 Å². The molecule has 0 spiro atoms. The van der Waals surface area contributed by atoms with Gasteiger partial charge in [-0.05, 0) is 48.5 Å². The molecule has 1 N–H and O–H groups in total. The Morgan fingerprint density at radius 1 is 1.31 bits per heavy atom. The smallest absolute Gasteiger partial charge is 0.0175 e. The summed E-state index contributed by atoms with van der Waals surface area (Å²) in [5, 5.41) is 3.89. The van der Waals surface area contributed by atoms with Gasteiger partial charge in [-0.15, -0.1) is 0 Å². The van der Waals surface area contributed by atoms with Crippen LogP contribution in [0.25, 0.3) is 0 Å². The summed E-state index contributed by atoms with van der Waals surface area (Å²) in [4.78, 5) is 0. The van der Waals surface area contributed by atoms with E-state index in [1.807, 2.05) is 0 Å². The second-order valence-electron chi connectivity index (χ2n) is 7.27. The van der Waals surface area contributed by atoms with Gasteiger partial charge in [-0.2, -0.15) is 0 Å². The van der Waals surface area contributed by atoms with Crippen LogP contribution in [0.15, 0.2) is 0 Å². The lowest BCUT2D eigenvalue weighted by Gasteiger charge is -2.43. The van der Waals surface area contributed by atoms with Gasteiger partial charge in [0.15, 0.2) is 0 Å². The molecule has 0 aromatic heterocycles. The van der Waals surface area contributed by atoms with Gasteiger partial charge in [0, 0.05) is 6.04 Å². The SMILES string of the molecule is CCC(C)CNC1C(C)(C)[C@H]2CC[C@]1(C)C2. The van der Waals surface area contributed by atoms with E-state index in [-0.39, 0.29) is 0 Å². The van der Waals surface area contributed by atoms with Crippen LogP contribution < -0.4 is 5.32 Å². The molecule has 0 radical (unpaired) electrons. The Hall–Kier alpha value is -0.0400. The van der Waals surface area contributed by atoms with E-state index in [0.717, 1.165) is 17.9 Å². The minimum Gasteiger partial charge on any atom is -0.313 e. The first-order chi connectivity index (χ1) is 7.40. The Kier molecular flexibility index (Phi) is 3.11. The van der Waals surface area contributed by atoms with Gasteiger partial charge in [0.05, 0.1) is 0 Å². The van der Waals surface area contributed by atoms with Gasteiger partial charge < -0.3 is 5.32 Å². The van der Waals surface area contributed by atoms with Crippen molar-refractivity contribution in [3.63, 3.8) is 0 Å². The summed E-state index contributed by atoms with van der Waals surface area (Å²) in [6.07, 6.45) is 5.66. The van der Waals surface area contributed by atoms with E-state index in [1.54, 1.807) is 0 Å². The molecule has 2 aliphatic carbocycles. The van der Waals surface area contributed by atoms with Crippen molar-refractivity contribution in [1.29, 1.82) is 0 Å². The van der Waals surface area contributed by atoms with Crippen LogP contribution in [-0.2, 0) is 0 Å². The lowest BCUT2D eigenvalue weighted by atomic mass is 9.68. The number of hydrogen-bond donors (Lipinski definition) is 1. The summed E-state index contributed by atoms with van der Waals surface area (Å²) in [6.45, 7) is 13.3. The van der Waals surface area contributed by atoms with Crippen molar-refractivity contribution >= 4 is 0 Å². The lowest BCUT2D eigenvalue weighted by Crippen LogP contribution is -2.51. The number of rotatable bonds is 4. The average Bonchev–Trinajstić information content (AvgIpc) is 2.68. The van der Waals surface area contributed by atoms with Gasteiger partial charge in [0.2, 0.25) is 0 Å². The van der Waals surface area contributed by atoms with Crippen molar-refractivity contribution in [2.45, 2.75) is 66.3 Å². The second kappa shape index (κ2) is 4.01. The summed E-state index contributed by atoms with van der Waals surface area (Å²) < 4.78 is 0. The molecule has 4 atom stereocenters. The molecule has 2 rings (SSSR count). The molecule has 0 heterocycles. The van der Waals surface area contributed by atoms with Gasteiger partial charge >= 0.3 is 0 Å². The van der Waals surface area contributed by atoms with Crippen LogP contribution in [0.3, 0.4) is 0 Å². The number of nitrogens with one attached hydrogen (secondary N) is 1. The molecular formula is C15H29N. The van der Waals surface area contributed by atoms with Crippen LogP contribution in [-0.4, -0.2) is 12.6 Å². The maximum Gasteiger partial charge on any atom is 0.0175 e. The van der Waals surface area contributed by atoms with E-state index >= 15 is 0 Å². The maximum absolute atomic E-state index is 3.89. The summed E-state index contributed by atoms with van der Waals surface area (Å²) in [5.74, 6) is 1.78. The first kappa shape index (κ1) is 12.4. The zero-order valence-corrected chi connectivity index (χ0v) is 11.8. The fourth-order valence-electron chi connectivity index (χ4n) is 4.27. The highest BCUT2D eigenvalue weighted by Crippen LogP contribution is 2.62. The third-order valence-electron chi connectivity index (χ3n) is 5.64. The van der Waals surface area contributed by atoms with Crippen LogP contribution in [0.2, 0.25) is 0 Å². The summed E-state index contributed by atoms with van der Waals surface area (Å²) in [7, 11) is 0. The van der Waals surface area contributed by atoms with Crippen LogP contribution in [0.1, 0.15) is 60.3 Å². The summed E-state index contributed by atoms with van der Waals surface area (Å²) in [6, 6.07) is 0.743. The Morgan fingerprint density at radius 3 is 2.50 bits per heavy atom. The van der Waals surface area contributed by atoms with E-state index < -0.39 is 0 Å². The Labute approximate surface area is 101 Å². The fourth-order valence-corrected chi connectivity index (χ4v) is 4.27. The molecule has 0 saturated heterocycles. The molecule has 2 bridgehead atoms. The molecule has 16 heavy (non-hydrogen) atoms. The van der Waals surface area contributed by atoms with Crippen LogP contribution in [0.5, 0.6) is 0 Å². The summed E-state index contributed by atoms with van der Waals surface area (Å²) >= 11 is 0. The molecule has 2 fully saturated rings. The average molecular weight is 223 g/mol. The Bertz CT molecular complexity index is 253. The van der Waals surface area contributed by atoms with Gasteiger partial charge in [-0.1, -0.05) is 41.0 Å². The minimum absolute atomic E-state index is 0.514. The van der Waals surface area contributed by atoms with Crippen LogP contribution >= 0.6 is 0 Å². The largest absolute Gasteiger partial charge is 0.313 e. The molecule has 94 valence electrons. The predicted octanol–water partition coefficient (Wildman–Crippen LogP) is 3.84. The molecule has 1 heteroatoms. The van der Waals surface area contributed by atoms with E-state index in [2.05, 4.69) is 39.9 Å². The zero-order valence-electron chi connectivity index (χ0n) is 11.8. The van der Waals surface area contributed by atoms with Crippen molar-refractivity contribution < 1.29 is 0 Å². The molecule has 2 unspecified atom stereocenters. The Balaban J connectivity index is 2.02. The van der Waals surface area contributed by atoms with Crippen molar-refractivity contribution in [2.24, 2.45) is 22.7 Å². The van der Waals surface area contributed by atoms with Gasteiger partial charge in [-0.25, -0.2) is 0 Å². The van der Waals surface area contributed by atoms with E-state index in [0.29, 0.717) is 10.8 Å². The highest BCUT2D eigenvalue weighted by molar-refractivity contribution is 5.11. The number of fused-ring (bicyclic) bond motifs is 2. The third kappa shape index (κ3) is 1.81. The highest BCUT2D eigenvalue weighted by Gasteiger charge is 2.58. The third-order valence-corrected chi connectivity index (χ3v) is 5.64. The standard InChI is InChI=1S/C15H29N/c1-6-11(2)10-16-13-14(3,4)12-7-8-15(13,5)9-12/h11-13,16H,6-10H2,1-5H3/t11?,12-,13?,15+/m0/s1. The first-order valence-corrected chi connectivity index (χ1v) is 7.13. The van der Waals surface area contributed by atoms with Crippen LogP contribution in [0.4, 0.5) is 0 Å². The van der Waals surface area contributed by atoms with Crippen molar-refractivity contribution in [3.05, 3.63) is 0 Å². The Morgan fingerprint density at radius 2 is 2.00 bits per heavy atom. The topological polar surface area (TPSA) is 12.0 Å². The van der Waals surface area contributed by atoms with Crippen molar-refractivity contribution in [3.8, 4) is 0 Å². The van der Waals surface area contributed by atoms with E-state index in [9.17, 15) is 0 Å². The van der Waals surface area contributed by atoms with Gasteiger partial charge in [0.25, 0.3) is 0 Å². The molecule has 0 amide bonds. The van der Waals surface area contributed by atoms with E-state index in [1.165, 1.54) is 32.2 Å². The number of hydrogen-bond acceptors (Lipinski definition) is 1. The van der Waals surface area contributed by atoms with Crippen molar-refractivity contribution in [2.75, 3.05) is 6.54 Å². The highest BCUT2D eigenvalue weighted by atomic mass is 15.0. The quantitative estimate of drug-likeness (QED) is 0.763. The molecule has 2 aliphatic rings. The first-order valence-electron chi connectivity index (χ1n) is 7.13. The minimum atomic E-state index is 0.514. The molecule has 0 aliphatic heterocycles. The fraction of sp³-hybridized carbons (Fsp3) is 1.00. The normalized spacial score (nSPS) is 42.6. The molecule has 1 nitrogen and oxygen atoms in total. The molecule has 2 saturated carbocycles. The van der Waals surface area contributed by atoms with Crippen molar-refractivity contribution in [1.82, 2.24) is 5.32 Å². The maximum atomic E-state index is 3.89. The zero-order chi connectivity index (χ0) is 12.0.